The molecule has 0 saturated carbocycles. The number of hydrogen-bond donors (Lipinski definition) is 1. The molecule has 0 radical (unpaired) electrons. The highest BCUT2D eigenvalue weighted by Crippen LogP contribution is 2.24. The van der Waals surface area contributed by atoms with Gasteiger partial charge in [0.05, 0.1) is 9.79 Å². The highest BCUT2D eigenvalue weighted by Gasteiger charge is 2.17. The van der Waals surface area contributed by atoms with E-state index in [2.05, 4.69) is 6.92 Å². The Morgan fingerprint density at radius 2 is 1.32 bits per heavy atom. The molecule has 0 saturated heterocycles. The zero-order valence-electron chi connectivity index (χ0n) is 16.3. The van der Waals surface area contributed by atoms with Crippen molar-refractivity contribution in [3.8, 4) is 11.5 Å². The van der Waals surface area contributed by atoms with Crippen LogP contribution in [0.25, 0.3) is 0 Å². The first-order valence-electron chi connectivity index (χ1n) is 9.78. The van der Waals surface area contributed by atoms with Gasteiger partial charge < -0.3 is 9.84 Å². The molecule has 1 N–H and O–H groups in total. The number of hydrogen-bond acceptors (Lipinski definition) is 5. The van der Waals surface area contributed by atoms with Gasteiger partial charge in [-0.05, 0) is 55.0 Å². The van der Waals surface area contributed by atoms with E-state index in [0.717, 1.165) is 19.3 Å². The third-order valence-electron chi connectivity index (χ3n) is 4.50. The van der Waals surface area contributed by atoms with Crippen LogP contribution < -0.4 is 4.74 Å². The van der Waals surface area contributed by atoms with E-state index in [4.69, 9.17) is 4.74 Å². The molecule has 0 unspecified atom stereocenters. The zero-order valence-corrected chi connectivity index (χ0v) is 17.1. The van der Waals surface area contributed by atoms with Crippen LogP contribution in [0.3, 0.4) is 0 Å². The summed E-state index contributed by atoms with van der Waals surface area (Å²) < 4.78 is 30.4. The minimum Gasteiger partial charge on any atom is -0.508 e. The van der Waals surface area contributed by atoms with Gasteiger partial charge in [0.25, 0.3) is 0 Å². The number of esters is 1. The summed E-state index contributed by atoms with van der Waals surface area (Å²) in [5.74, 6) is 0.0301. The monoisotopic (exact) mass is 404 g/mol. The third-order valence-corrected chi connectivity index (χ3v) is 6.28. The molecule has 0 aromatic heterocycles. The Morgan fingerprint density at radius 3 is 1.89 bits per heavy atom. The molecule has 0 aliphatic heterocycles. The first kappa shape index (κ1) is 22.0. The molecular formula is C22H28O5S. The second-order valence-corrected chi connectivity index (χ2v) is 8.76. The van der Waals surface area contributed by atoms with Crippen LogP contribution in [0.1, 0.15) is 58.3 Å². The van der Waals surface area contributed by atoms with Gasteiger partial charge in [-0.15, -0.1) is 0 Å². The molecule has 0 spiro atoms. The summed E-state index contributed by atoms with van der Waals surface area (Å²) >= 11 is 0. The van der Waals surface area contributed by atoms with E-state index in [1.54, 1.807) is 0 Å². The first-order valence-corrected chi connectivity index (χ1v) is 11.3. The van der Waals surface area contributed by atoms with E-state index in [1.807, 2.05) is 0 Å². The van der Waals surface area contributed by atoms with E-state index < -0.39 is 9.84 Å². The van der Waals surface area contributed by atoms with Crippen LogP contribution in [-0.4, -0.2) is 19.5 Å². The molecular weight excluding hydrogens is 376 g/mol. The van der Waals surface area contributed by atoms with E-state index in [9.17, 15) is 18.3 Å². The van der Waals surface area contributed by atoms with Gasteiger partial charge in [-0.25, -0.2) is 8.42 Å². The number of rotatable bonds is 11. The molecule has 0 aliphatic carbocycles. The number of phenolic OH excluding ortho intramolecular Hbond substituents is 1. The third kappa shape index (κ3) is 6.68. The predicted octanol–water partition coefficient (Wildman–Crippen LogP) is 5.27. The molecule has 5 nitrogen and oxygen atoms in total. The molecule has 0 aliphatic rings. The van der Waals surface area contributed by atoms with Crippen molar-refractivity contribution in [2.24, 2.45) is 0 Å². The molecule has 0 heterocycles. The molecule has 0 fully saturated rings. The maximum Gasteiger partial charge on any atom is 0.311 e. The van der Waals surface area contributed by atoms with Crippen molar-refractivity contribution in [2.75, 3.05) is 0 Å². The fourth-order valence-electron chi connectivity index (χ4n) is 2.86. The summed E-state index contributed by atoms with van der Waals surface area (Å²) in [6, 6.07) is 11.1. The second kappa shape index (κ2) is 10.9. The Labute approximate surface area is 167 Å². The average Bonchev–Trinajstić information content (AvgIpc) is 2.68. The minimum atomic E-state index is -3.68. The van der Waals surface area contributed by atoms with Crippen molar-refractivity contribution >= 4 is 15.8 Å². The quantitative estimate of drug-likeness (QED) is 0.313. The van der Waals surface area contributed by atoms with Crippen LogP contribution >= 0.6 is 0 Å². The van der Waals surface area contributed by atoms with E-state index in [-0.39, 0.29) is 21.5 Å². The Kier molecular flexibility index (Phi) is 8.51. The lowest BCUT2D eigenvalue weighted by Crippen LogP contribution is -2.08. The Balaban J connectivity index is 1.83. The minimum absolute atomic E-state index is 0.00201. The second-order valence-electron chi connectivity index (χ2n) is 6.81. The van der Waals surface area contributed by atoms with Gasteiger partial charge in [-0.3, -0.25) is 4.79 Å². The number of phenols is 1. The Bertz CT molecular complexity index is 840. The molecule has 0 bridgehead atoms. The molecule has 0 amide bonds. The van der Waals surface area contributed by atoms with Crippen molar-refractivity contribution in [3.63, 3.8) is 0 Å². The van der Waals surface area contributed by atoms with E-state index >= 15 is 0 Å². The number of ether oxygens (including phenoxy) is 1. The summed E-state index contributed by atoms with van der Waals surface area (Å²) in [4.78, 5) is 12.1. The van der Waals surface area contributed by atoms with Gasteiger partial charge in [-0.2, -0.15) is 0 Å². The van der Waals surface area contributed by atoms with Crippen LogP contribution in [0, 0.1) is 0 Å². The highest BCUT2D eigenvalue weighted by molar-refractivity contribution is 7.91. The smallest absolute Gasteiger partial charge is 0.311 e. The zero-order chi connectivity index (χ0) is 20.4. The maximum atomic E-state index is 12.6. The topological polar surface area (TPSA) is 80.7 Å². The van der Waals surface area contributed by atoms with E-state index in [1.165, 1.54) is 74.2 Å². The van der Waals surface area contributed by atoms with Crippen molar-refractivity contribution < 1.29 is 23.1 Å². The number of sulfone groups is 1. The van der Waals surface area contributed by atoms with E-state index in [0.29, 0.717) is 12.2 Å². The van der Waals surface area contributed by atoms with Crippen LogP contribution in [-0.2, 0) is 14.6 Å². The lowest BCUT2D eigenvalue weighted by molar-refractivity contribution is -0.134. The molecule has 28 heavy (non-hydrogen) atoms. The average molecular weight is 405 g/mol. The van der Waals surface area contributed by atoms with Crippen LogP contribution in [0.15, 0.2) is 58.3 Å². The fourth-order valence-corrected chi connectivity index (χ4v) is 4.12. The van der Waals surface area contributed by atoms with Crippen molar-refractivity contribution in [3.05, 3.63) is 48.5 Å². The normalized spacial score (nSPS) is 11.3. The van der Waals surface area contributed by atoms with Crippen molar-refractivity contribution in [1.29, 1.82) is 0 Å². The summed E-state index contributed by atoms with van der Waals surface area (Å²) in [7, 11) is -3.68. The number of carbonyl (C=O) groups excluding carboxylic acids is 1. The molecule has 152 valence electrons. The van der Waals surface area contributed by atoms with Gasteiger partial charge in [0, 0.05) is 6.42 Å². The van der Waals surface area contributed by atoms with Crippen molar-refractivity contribution in [2.45, 2.75) is 68.1 Å². The summed E-state index contributed by atoms with van der Waals surface area (Å²) in [5.41, 5.74) is 0. The Hall–Kier alpha value is -2.34. The number of carbonyl (C=O) groups is 1. The molecule has 2 aromatic carbocycles. The maximum absolute atomic E-state index is 12.6. The highest BCUT2D eigenvalue weighted by atomic mass is 32.2. The van der Waals surface area contributed by atoms with Crippen LogP contribution in [0.5, 0.6) is 11.5 Å². The SMILES string of the molecule is CCCCCCCCCC(=O)Oc1ccc(S(=O)(=O)c2ccc(O)cc2)cc1. The first-order chi connectivity index (χ1) is 13.4. The van der Waals surface area contributed by atoms with Gasteiger partial charge in [0.15, 0.2) is 0 Å². The molecule has 2 rings (SSSR count). The van der Waals surface area contributed by atoms with Gasteiger partial charge in [0.2, 0.25) is 9.84 Å². The van der Waals surface area contributed by atoms with Gasteiger partial charge in [-0.1, -0.05) is 45.4 Å². The van der Waals surface area contributed by atoms with Crippen molar-refractivity contribution in [1.82, 2.24) is 0 Å². The summed E-state index contributed by atoms with van der Waals surface area (Å²) in [5, 5.41) is 9.30. The lowest BCUT2D eigenvalue weighted by atomic mass is 10.1. The number of unbranched alkanes of at least 4 members (excludes halogenated alkanes) is 6. The molecule has 2 aromatic rings. The fraction of sp³-hybridized carbons (Fsp3) is 0.409. The molecule has 0 atom stereocenters. The van der Waals surface area contributed by atoms with Crippen LogP contribution in [0.2, 0.25) is 0 Å². The van der Waals surface area contributed by atoms with Crippen LogP contribution in [0.4, 0.5) is 0 Å². The molecule has 6 heteroatoms. The van der Waals surface area contributed by atoms with Gasteiger partial charge in [0.1, 0.15) is 11.5 Å². The summed E-state index contributed by atoms with van der Waals surface area (Å²) in [6.45, 7) is 2.19. The predicted molar refractivity (Wildman–Crippen MR) is 108 cm³/mol. The largest absolute Gasteiger partial charge is 0.508 e. The lowest BCUT2D eigenvalue weighted by Gasteiger charge is -2.07. The Morgan fingerprint density at radius 1 is 0.821 bits per heavy atom. The standard InChI is InChI=1S/C22H28O5S/c1-2-3-4-5-6-7-8-9-22(24)27-19-12-16-21(17-13-19)28(25,26)20-14-10-18(23)11-15-20/h10-17,23H,2-9H2,1H3. The number of benzene rings is 2. The van der Waals surface area contributed by atoms with Gasteiger partial charge >= 0.3 is 5.97 Å². The number of aromatic hydroxyl groups is 1. The summed E-state index contributed by atoms with van der Waals surface area (Å²) in [6.07, 6.45) is 8.27.